The van der Waals surface area contributed by atoms with Gasteiger partial charge in [-0.05, 0) is 45.9 Å². The van der Waals surface area contributed by atoms with Crippen molar-refractivity contribution in [3.05, 3.63) is 40.8 Å². The molecule has 2 atom stereocenters. The summed E-state index contributed by atoms with van der Waals surface area (Å²) >= 11 is 7.63. The number of rotatable bonds is 10. The van der Waals surface area contributed by atoms with E-state index in [2.05, 4.69) is 25.0 Å². The molecule has 10 nitrogen and oxygen atoms in total. The third kappa shape index (κ3) is 7.65. The molecule has 2 heterocycles. The smallest absolute Gasteiger partial charge is 0.469 e. The molecule has 3 aromatic rings. The Morgan fingerprint density at radius 1 is 1.20 bits per heavy atom. The summed E-state index contributed by atoms with van der Waals surface area (Å²) in [6, 6.07) is 5.51. The van der Waals surface area contributed by atoms with Gasteiger partial charge in [0.05, 0.1) is 17.2 Å². The third-order valence-corrected chi connectivity index (χ3v) is 6.58. The highest BCUT2D eigenvalue weighted by molar-refractivity contribution is 7.46. The predicted octanol–water partition coefficient (Wildman–Crippen LogP) is 4.39. The van der Waals surface area contributed by atoms with Crippen molar-refractivity contribution in [1.82, 2.24) is 15.2 Å². The van der Waals surface area contributed by atoms with Crippen LogP contribution < -0.4 is 15.8 Å². The van der Waals surface area contributed by atoms with Gasteiger partial charge in [-0.1, -0.05) is 22.9 Å². The number of benzene rings is 1. The molecule has 35 heavy (non-hydrogen) atoms. The molecular weight excluding hydrogens is 520 g/mol. The molecule has 2 aromatic heterocycles. The summed E-state index contributed by atoms with van der Waals surface area (Å²) in [7, 11) is -4.71. The summed E-state index contributed by atoms with van der Waals surface area (Å²) in [6.07, 6.45) is -1.03. The van der Waals surface area contributed by atoms with Gasteiger partial charge >= 0.3 is 7.82 Å². The highest BCUT2D eigenvalue weighted by Crippen LogP contribution is 2.39. The number of nitrogens with zero attached hydrogens (tertiary/aromatic N) is 3. The first-order valence-corrected chi connectivity index (χ1v) is 13.3. The number of aromatic nitrogens is 3. The molecule has 3 rings (SSSR count). The second-order valence-electron chi connectivity index (χ2n) is 8.13. The minimum absolute atomic E-state index is 0.170. The Morgan fingerprint density at radius 3 is 2.54 bits per heavy atom. The van der Waals surface area contributed by atoms with E-state index in [1.54, 1.807) is 0 Å². The van der Waals surface area contributed by atoms with Crippen LogP contribution in [0.2, 0.25) is 5.02 Å². The topological polar surface area (TPSA) is 153 Å². The molecule has 0 saturated carbocycles. The number of pyridine rings is 1. The van der Waals surface area contributed by atoms with Crippen molar-refractivity contribution < 1.29 is 28.0 Å². The van der Waals surface area contributed by atoms with Crippen LogP contribution in [-0.4, -0.2) is 49.8 Å². The van der Waals surface area contributed by atoms with Crippen LogP contribution >= 0.6 is 30.8 Å². The van der Waals surface area contributed by atoms with E-state index in [0.29, 0.717) is 15.6 Å². The van der Waals surface area contributed by atoms with Crippen LogP contribution in [-0.2, 0) is 9.09 Å². The number of ether oxygens (including phenoxy) is 1. The highest BCUT2D eigenvalue weighted by Gasteiger charge is 2.25. The average molecular weight is 546 g/mol. The van der Waals surface area contributed by atoms with E-state index in [1.165, 1.54) is 30.4 Å². The summed E-state index contributed by atoms with van der Waals surface area (Å²) in [4.78, 5) is 22.2. The number of nitrogens with one attached hydrogen (secondary N) is 1. The second-order valence-corrected chi connectivity index (χ2v) is 10.7. The van der Waals surface area contributed by atoms with Crippen molar-refractivity contribution in [1.29, 1.82) is 0 Å². The van der Waals surface area contributed by atoms with E-state index >= 15 is 0 Å². The number of phosphoric ester groups is 1. The molecule has 0 aliphatic rings. The van der Waals surface area contributed by atoms with Crippen molar-refractivity contribution in [3.8, 4) is 26.9 Å². The molecule has 0 aliphatic carbocycles. The third-order valence-electron chi connectivity index (χ3n) is 4.65. The second kappa shape index (κ2) is 11.3. The summed E-state index contributed by atoms with van der Waals surface area (Å²) < 4.78 is 35.6. The summed E-state index contributed by atoms with van der Waals surface area (Å²) in [5.41, 5.74) is 7.79. The van der Waals surface area contributed by atoms with Crippen molar-refractivity contribution in [2.45, 2.75) is 45.9 Å². The van der Waals surface area contributed by atoms with Crippen LogP contribution in [0.15, 0.2) is 24.3 Å². The van der Waals surface area contributed by atoms with Gasteiger partial charge in [-0.15, -0.1) is 10.2 Å². The van der Waals surface area contributed by atoms with Gasteiger partial charge in [-0.3, -0.25) is 4.52 Å². The van der Waals surface area contributed by atoms with E-state index in [9.17, 15) is 8.96 Å². The Bertz CT molecular complexity index is 1240. The minimum Gasteiger partial charge on any atom is -0.489 e. The summed E-state index contributed by atoms with van der Waals surface area (Å²) in [6.45, 7) is 7.03. The lowest BCUT2D eigenvalue weighted by molar-refractivity contribution is 0.106. The Kier molecular flexibility index (Phi) is 8.81. The van der Waals surface area contributed by atoms with Crippen LogP contribution in [0, 0.1) is 12.7 Å². The van der Waals surface area contributed by atoms with Gasteiger partial charge in [0.1, 0.15) is 22.4 Å². The molecule has 0 bridgehead atoms. The zero-order valence-corrected chi connectivity index (χ0v) is 21.9. The highest BCUT2D eigenvalue weighted by atomic mass is 35.5. The Hall–Kier alpha value is -2.18. The molecule has 14 heteroatoms. The number of anilines is 1. The first-order valence-electron chi connectivity index (χ1n) is 10.5. The number of nitrogens with two attached hydrogens (primary N) is 1. The molecule has 0 radical (unpaired) electrons. The van der Waals surface area contributed by atoms with Gasteiger partial charge in [0.25, 0.3) is 0 Å². The molecule has 1 aromatic carbocycles. The zero-order valence-electron chi connectivity index (χ0n) is 19.4. The quantitative estimate of drug-likeness (QED) is 0.270. The Morgan fingerprint density at radius 2 is 1.89 bits per heavy atom. The monoisotopic (exact) mass is 545 g/mol. The van der Waals surface area contributed by atoms with Crippen molar-refractivity contribution in [3.63, 3.8) is 0 Å². The van der Waals surface area contributed by atoms with Gasteiger partial charge in [0.2, 0.25) is 0 Å². The van der Waals surface area contributed by atoms with Crippen LogP contribution in [0.4, 0.5) is 10.2 Å². The largest absolute Gasteiger partial charge is 0.489 e. The van der Waals surface area contributed by atoms with Crippen LogP contribution in [0.25, 0.3) is 21.1 Å². The maximum Gasteiger partial charge on any atom is 0.469 e. The Balaban J connectivity index is 1.77. The lowest BCUT2D eigenvalue weighted by Crippen LogP contribution is -2.39. The average Bonchev–Trinajstić information content (AvgIpc) is 3.21. The first kappa shape index (κ1) is 27.4. The van der Waals surface area contributed by atoms with Crippen molar-refractivity contribution >= 4 is 36.6 Å². The van der Waals surface area contributed by atoms with Crippen LogP contribution in [0.5, 0.6) is 5.75 Å². The standard InChI is InChI=1S/C21H26ClFN5O5PS/c1-10(2)25-19-6-13(5-11(3)26-19)20-27-28-21(35-20)14-7-16(23)18(8-15(14)22)32-9-17(24)12(4)33-34(29,30)31/h5-8,10,12,17H,9,24H2,1-4H3,(H,25,26)(H2,29,30,31)/t12-,17-/m1/s1. The molecule has 0 amide bonds. The number of aryl methyl sites for hydroxylation is 1. The maximum atomic E-state index is 14.8. The minimum atomic E-state index is -4.71. The van der Waals surface area contributed by atoms with Crippen molar-refractivity contribution in [2.75, 3.05) is 11.9 Å². The molecule has 190 valence electrons. The van der Waals surface area contributed by atoms with Gasteiger partial charge in [0, 0.05) is 28.9 Å². The van der Waals surface area contributed by atoms with E-state index in [-0.39, 0.29) is 23.4 Å². The van der Waals surface area contributed by atoms with Gasteiger partial charge in [-0.25, -0.2) is 13.9 Å². The summed E-state index contributed by atoms with van der Waals surface area (Å²) in [5.74, 6) is -0.160. The van der Waals surface area contributed by atoms with Crippen molar-refractivity contribution in [2.24, 2.45) is 5.73 Å². The van der Waals surface area contributed by atoms with Gasteiger partial charge < -0.3 is 25.6 Å². The van der Waals surface area contributed by atoms with E-state index < -0.39 is 25.8 Å². The fourth-order valence-electron chi connectivity index (χ4n) is 3.03. The summed E-state index contributed by atoms with van der Waals surface area (Å²) in [5, 5.41) is 12.9. The fourth-order valence-corrected chi connectivity index (χ4v) is 4.78. The van der Waals surface area contributed by atoms with Crippen LogP contribution in [0.1, 0.15) is 26.5 Å². The van der Waals surface area contributed by atoms with Gasteiger partial charge in [-0.2, -0.15) is 0 Å². The van der Waals surface area contributed by atoms with Gasteiger partial charge in [0.15, 0.2) is 11.6 Å². The molecule has 0 saturated heterocycles. The van der Waals surface area contributed by atoms with E-state index in [0.717, 1.165) is 17.1 Å². The number of hydrogen-bond acceptors (Lipinski definition) is 9. The lowest BCUT2D eigenvalue weighted by Gasteiger charge is -2.21. The number of hydrogen-bond donors (Lipinski definition) is 4. The molecule has 0 spiro atoms. The number of phosphoric acid groups is 1. The lowest BCUT2D eigenvalue weighted by atomic mass is 10.2. The Labute approximate surface area is 210 Å². The molecule has 5 N–H and O–H groups in total. The van der Waals surface area contributed by atoms with Crippen LogP contribution in [0.3, 0.4) is 0 Å². The van der Waals surface area contributed by atoms with E-state index in [1.807, 2.05) is 32.9 Å². The molecule has 0 unspecified atom stereocenters. The molecular formula is C21H26ClFN5O5PS. The number of halogens is 2. The maximum absolute atomic E-state index is 14.8. The SMILES string of the molecule is Cc1cc(-c2nnc(-c3cc(F)c(OC[C@@H](N)[C@@H](C)OP(=O)(O)O)cc3Cl)s2)cc(NC(C)C)n1. The first-order chi connectivity index (χ1) is 16.3. The predicted molar refractivity (Wildman–Crippen MR) is 133 cm³/mol. The van der Waals surface area contributed by atoms with E-state index in [4.69, 9.17) is 31.9 Å². The molecule has 0 aliphatic heterocycles. The zero-order chi connectivity index (χ0) is 25.9. The normalized spacial score (nSPS) is 13.7. The molecule has 0 fully saturated rings. The fraction of sp³-hybridized carbons (Fsp3) is 0.381.